The second-order valence-corrected chi connectivity index (χ2v) is 6.19. The fourth-order valence-electron chi connectivity index (χ4n) is 2.38. The lowest BCUT2D eigenvalue weighted by molar-refractivity contribution is 0.0959. The van der Waals surface area contributed by atoms with Crippen molar-refractivity contribution in [3.63, 3.8) is 0 Å². The van der Waals surface area contributed by atoms with Crippen molar-refractivity contribution in [1.29, 1.82) is 0 Å². The highest BCUT2D eigenvalue weighted by Crippen LogP contribution is 2.29. The molecule has 2 N–H and O–H groups in total. The number of thiophene rings is 1. The Hall–Kier alpha value is -2.14. The zero-order chi connectivity index (χ0) is 14.7. The van der Waals surface area contributed by atoms with Crippen LogP contribution in [0.1, 0.15) is 38.5 Å². The lowest BCUT2D eigenvalue weighted by Crippen LogP contribution is -2.16. The maximum Gasteiger partial charge on any atom is 0.281 e. The predicted octanol–water partition coefficient (Wildman–Crippen LogP) is 3.10. The summed E-state index contributed by atoms with van der Waals surface area (Å²) in [5, 5.41) is 13.1. The molecule has 1 amide bonds. The summed E-state index contributed by atoms with van der Waals surface area (Å²) >= 11 is 1.57. The Balaban J connectivity index is 1.63. The highest BCUT2D eigenvalue weighted by molar-refractivity contribution is 7.14. The Bertz CT molecular complexity index is 651. The lowest BCUT2D eigenvalue weighted by atomic mass is 9.99. The molecule has 3 rings (SSSR count). The minimum absolute atomic E-state index is 0.163. The Morgan fingerprint density at radius 1 is 1.24 bits per heavy atom. The van der Waals surface area contributed by atoms with Crippen molar-refractivity contribution >= 4 is 23.5 Å². The van der Waals surface area contributed by atoms with Gasteiger partial charge in [0.15, 0.2) is 0 Å². The third-order valence-electron chi connectivity index (χ3n) is 3.49. The Morgan fingerprint density at radius 3 is 2.76 bits per heavy atom. The smallest absolute Gasteiger partial charge is 0.281 e. The van der Waals surface area contributed by atoms with Crippen LogP contribution in [0.25, 0.3) is 0 Å². The molecule has 0 fully saturated rings. The van der Waals surface area contributed by atoms with Gasteiger partial charge in [0.05, 0.1) is 11.1 Å². The molecule has 0 spiro atoms. The van der Waals surface area contributed by atoms with E-state index in [0.29, 0.717) is 0 Å². The van der Waals surface area contributed by atoms with Crippen LogP contribution >= 0.6 is 11.3 Å². The summed E-state index contributed by atoms with van der Waals surface area (Å²) in [5.74, 6) is 0.0461. The molecule has 0 bridgehead atoms. The average molecular weight is 300 g/mol. The minimum atomic E-state index is -0.163. The SMILES string of the molecule is O=C(N/N=C/c1ccc(O)cc1)c1cc2c(s1)CCCC2. The zero-order valence-corrected chi connectivity index (χ0v) is 12.3. The van der Waals surface area contributed by atoms with Crippen LogP contribution in [0.3, 0.4) is 0 Å². The molecular formula is C16H16N2O2S. The van der Waals surface area contributed by atoms with Crippen molar-refractivity contribution in [2.45, 2.75) is 25.7 Å². The van der Waals surface area contributed by atoms with E-state index < -0.39 is 0 Å². The lowest BCUT2D eigenvalue weighted by Gasteiger charge is -2.08. The molecule has 0 saturated carbocycles. The summed E-state index contributed by atoms with van der Waals surface area (Å²) in [7, 11) is 0. The molecule has 1 aliphatic rings. The number of nitrogens with one attached hydrogen (secondary N) is 1. The molecule has 1 aromatic heterocycles. The number of hydrazone groups is 1. The van der Waals surface area contributed by atoms with Crippen molar-refractivity contribution in [2.24, 2.45) is 5.10 Å². The Labute approximate surface area is 127 Å². The number of rotatable bonds is 3. The van der Waals surface area contributed by atoms with Crippen molar-refractivity contribution in [1.82, 2.24) is 5.43 Å². The highest BCUT2D eigenvalue weighted by Gasteiger charge is 2.16. The predicted molar refractivity (Wildman–Crippen MR) is 84.1 cm³/mol. The van der Waals surface area contributed by atoms with E-state index in [0.717, 1.165) is 23.3 Å². The number of hydrogen-bond donors (Lipinski definition) is 2. The second kappa shape index (κ2) is 6.10. The normalized spacial score (nSPS) is 14.1. The van der Waals surface area contributed by atoms with Gasteiger partial charge in [0, 0.05) is 4.88 Å². The monoisotopic (exact) mass is 300 g/mol. The number of hydrogen-bond acceptors (Lipinski definition) is 4. The summed E-state index contributed by atoms with van der Waals surface area (Å²) < 4.78 is 0. The van der Waals surface area contributed by atoms with Crippen molar-refractivity contribution in [3.8, 4) is 5.75 Å². The third-order valence-corrected chi connectivity index (χ3v) is 4.73. The third kappa shape index (κ3) is 3.31. The maximum absolute atomic E-state index is 12.1. The van der Waals surface area contributed by atoms with Gasteiger partial charge in [-0.05, 0) is 67.1 Å². The van der Waals surface area contributed by atoms with Gasteiger partial charge in [-0.1, -0.05) is 0 Å². The first-order valence-electron chi connectivity index (χ1n) is 6.96. The van der Waals surface area contributed by atoms with Gasteiger partial charge < -0.3 is 5.11 Å². The second-order valence-electron chi connectivity index (χ2n) is 5.06. The molecule has 1 aromatic carbocycles. The van der Waals surface area contributed by atoms with Gasteiger partial charge in [-0.3, -0.25) is 4.79 Å². The van der Waals surface area contributed by atoms with E-state index in [-0.39, 0.29) is 11.7 Å². The number of nitrogens with zero attached hydrogens (tertiary/aromatic N) is 1. The minimum Gasteiger partial charge on any atom is -0.508 e. The van der Waals surface area contributed by atoms with Gasteiger partial charge in [0.2, 0.25) is 0 Å². The van der Waals surface area contributed by atoms with E-state index in [1.165, 1.54) is 23.3 Å². The quantitative estimate of drug-likeness (QED) is 0.676. The number of phenolic OH excluding ortho intramolecular Hbond substituents is 1. The van der Waals surface area contributed by atoms with Crippen LogP contribution in [-0.4, -0.2) is 17.2 Å². The Kier molecular flexibility index (Phi) is 4.01. The van der Waals surface area contributed by atoms with E-state index in [9.17, 15) is 9.90 Å². The van der Waals surface area contributed by atoms with Crippen LogP contribution in [0.2, 0.25) is 0 Å². The fraction of sp³-hybridized carbons (Fsp3) is 0.250. The molecule has 0 unspecified atom stereocenters. The number of phenols is 1. The van der Waals surface area contributed by atoms with Gasteiger partial charge in [0.1, 0.15) is 5.75 Å². The van der Waals surface area contributed by atoms with E-state index >= 15 is 0 Å². The summed E-state index contributed by atoms with van der Waals surface area (Å²) in [4.78, 5) is 14.1. The molecule has 4 nitrogen and oxygen atoms in total. The van der Waals surface area contributed by atoms with E-state index in [4.69, 9.17) is 0 Å². The number of aromatic hydroxyl groups is 1. The summed E-state index contributed by atoms with van der Waals surface area (Å²) in [6, 6.07) is 8.61. The van der Waals surface area contributed by atoms with Gasteiger partial charge in [0.25, 0.3) is 5.91 Å². The van der Waals surface area contributed by atoms with E-state index in [1.54, 1.807) is 41.8 Å². The number of fused-ring (bicyclic) bond motifs is 1. The first-order valence-corrected chi connectivity index (χ1v) is 7.78. The zero-order valence-electron chi connectivity index (χ0n) is 11.5. The number of aryl methyl sites for hydroxylation is 2. The van der Waals surface area contributed by atoms with Gasteiger partial charge in [-0.25, -0.2) is 5.43 Å². The molecule has 1 heterocycles. The number of carbonyl (C=O) groups is 1. The van der Waals surface area contributed by atoms with Crippen LogP contribution in [0.5, 0.6) is 5.75 Å². The maximum atomic E-state index is 12.1. The largest absolute Gasteiger partial charge is 0.508 e. The number of amides is 1. The molecule has 5 heteroatoms. The van der Waals surface area contributed by atoms with E-state index in [2.05, 4.69) is 10.5 Å². The molecule has 0 saturated heterocycles. The molecule has 108 valence electrons. The fourth-order valence-corrected chi connectivity index (χ4v) is 3.53. The Morgan fingerprint density at radius 2 is 2.00 bits per heavy atom. The molecule has 1 aliphatic carbocycles. The van der Waals surface area contributed by atoms with Crippen LogP contribution in [0.15, 0.2) is 35.4 Å². The molecule has 21 heavy (non-hydrogen) atoms. The van der Waals surface area contributed by atoms with Crippen LogP contribution in [-0.2, 0) is 12.8 Å². The average Bonchev–Trinajstić information content (AvgIpc) is 2.93. The van der Waals surface area contributed by atoms with Gasteiger partial charge in [-0.15, -0.1) is 11.3 Å². The summed E-state index contributed by atoms with van der Waals surface area (Å²) in [6.45, 7) is 0. The van der Waals surface area contributed by atoms with Gasteiger partial charge in [-0.2, -0.15) is 5.10 Å². The van der Waals surface area contributed by atoms with Crippen molar-refractivity contribution in [3.05, 3.63) is 51.2 Å². The van der Waals surface area contributed by atoms with Crippen molar-refractivity contribution in [2.75, 3.05) is 0 Å². The van der Waals surface area contributed by atoms with Crippen molar-refractivity contribution < 1.29 is 9.90 Å². The number of carbonyl (C=O) groups excluding carboxylic acids is 1. The van der Waals surface area contributed by atoms with Gasteiger partial charge >= 0.3 is 0 Å². The van der Waals surface area contributed by atoms with Crippen LogP contribution in [0, 0.1) is 0 Å². The van der Waals surface area contributed by atoms with Crippen LogP contribution < -0.4 is 5.43 Å². The standard InChI is InChI=1S/C16H16N2O2S/c19-13-7-5-11(6-8-13)10-17-18-16(20)15-9-12-3-1-2-4-14(12)21-15/h5-10,19H,1-4H2,(H,18,20)/b17-10+. The van der Waals surface area contributed by atoms with E-state index in [1.807, 2.05) is 6.07 Å². The molecule has 0 atom stereocenters. The van der Waals surface area contributed by atoms with Crippen LogP contribution in [0.4, 0.5) is 0 Å². The molecule has 0 aliphatic heterocycles. The first kappa shape index (κ1) is 13.8. The molecule has 0 radical (unpaired) electrons. The number of benzene rings is 1. The summed E-state index contributed by atoms with van der Waals surface area (Å²) in [6.07, 6.45) is 6.15. The topological polar surface area (TPSA) is 61.7 Å². The summed E-state index contributed by atoms with van der Waals surface area (Å²) in [5.41, 5.74) is 4.69. The molecular weight excluding hydrogens is 284 g/mol. The first-order chi connectivity index (χ1) is 10.2. The highest BCUT2D eigenvalue weighted by atomic mass is 32.1. The molecule has 2 aromatic rings.